The molecular weight excluding hydrogens is 324 g/mol. The first-order valence-electron chi connectivity index (χ1n) is 6.02. The Morgan fingerprint density at radius 3 is 1.00 bits per heavy atom. The second-order valence-corrected chi connectivity index (χ2v) is 12.8. The molecule has 2 N–H and O–H groups in total. The number of hydrogen-bond acceptors (Lipinski definition) is 7. The maximum Gasteiger partial charge on any atom is 0.286 e. The monoisotopic (exact) mass is 348 g/mol. The van der Waals surface area contributed by atoms with Gasteiger partial charge < -0.3 is 30.8 Å². The molecule has 0 saturated carbocycles. The molecule has 0 radical (unpaired) electrons. The normalized spacial score (nSPS) is 24.3. The summed E-state index contributed by atoms with van der Waals surface area (Å²) in [6.45, 7) is 0.566. The van der Waals surface area contributed by atoms with E-state index in [1.165, 1.54) is 0 Å². The highest BCUT2D eigenvalue weighted by Crippen LogP contribution is 1.96. The lowest BCUT2D eigenvalue weighted by molar-refractivity contribution is 0.265. The summed E-state index contributed by atoms with van der Waals surface area (Å²) >= 11 is 0. The second kappa shape index (κ2) is 17.8. The Kier molecular flexibility index (Phi) is 18.6. The summed E-state index contributed by atoms with van der Waals surface area (Å²) in [7, 11) is -3.62. The van der Waals surface area contributed by atoms with Gasteiger partial charge in [-0.1, -0.05) is 12.8 Å². The molecule has 18 heavy (non-hydrogen) atoms. The first-order valence-corrected chi connectivity index (χ1v) is 11.8. The average molecular weight is 349 g/mol. The van der Waals surface area contributed by atoms with Crippen molar-refractivity contribution in [1.82, 2.24) is 0 Å². The maximum absolute atomic E-state index is 8.30. The van der Waals surface area contributed by atoms with Gasteiger partial charge in [-0.2, -0.15) is 0 Å². The summed E-state index contributed by atoms with van der Waals surface area (Å²) in [5.41, 5.74) is 0. The van der Waals surface area contributed by atoms with E-state index in [4.69, 9.17) is 30.8 Å². The van der Waals surface area contributed by atoms with Crippen molar-refractivity contribution in [2.45, 2.75) is 25.7 Å². The minimum atomic E-state index is -0.724. The van der Waals surface area contributed by atoms with Gasteiger partial charge in [0.15, 0.2) is 0 Å². The number of rotatable bonds is 5. The summed E-state index contributed by atoms with van der Waals surface area (Å²) in [6.07, 6.45) is 3.83. The quantitative estimate of drug-likeness (QED) is 0.383. The fourth-order valence-corrected chi connectivity index (χ4v) is 10.1. The van der Waals surface area contributed by atoms with E-state index < -0.39 is 50.0 Å². The van der Waals surface area contributed by atoms with Crippen LogP contribution in [0.15, 0.2) is 0 Å². The first-order chi connectivity index (χ1) is 8.91. The van der Waals surface area contributed by atoms with Crippen LogP contribution < -0.4 is 0 Å². The van der Waals surface area contributed by atoms with E-state index in [-0.39, 0.29) is 13.2 Å². The van der Waals surface area contributed by atoms with Crippen LogP contribution in [0.2, 0.25) is 0 Å². The highest BCUT2D eigenvalue weighted by molar-refractivity contribution is 6.50. The Bertz CT molecular complexity index is 117. The van der Waals surface area contributed by atoms with Gasteiger partial charge in [-0.15, -0.1) is 0 Å². The van der Waals surface area contributed by atoms with Gasteiger partial charge in [-0.3, -0.25) is 0 Å². The van der Waals surface area contributed by atoms with Crippen LogP contribution in [-0.4, -0.2) is 73.5 Å². The topological polar surface area (TPSA) is 86.6 Å². The molecule has 1 fully saturated rings. The van der Waals surface area contributed by atoms with E-state index in [1.807, 2.05) is 0 Å². The SMILES string of the molecule is O1[SiH2]O[SiH2]O[SiH2]O[SiH2]O[SiH2]1.OCCCCCCO. The molecule has 0 bridgehead atoms. The van der Waals surface area contributed by atoms with Gasteiger partial charge in [0.25, 0.3) is 50.0 Å². The molecule has 0 spiro atoms. The third-order valence-electron chi connectivity index (χ3n) is 1.90. The molecule has 7 nitrogen and oxygen atoms in total. The van der Waals surface area contributed by atoms with Crippen LogP contribution in [0, 0.1) is 0 Å². The minimum absolute atomic E-state index is 0.283. The molecule has 0 aliphatic carbocycles. The fourth-order valence-electron chi connectivity index (χ4n) is 1.04. The molecule has 0 aromatic rings. The number of unbranched alkanes of at least 4 members (excludes halogenated alkanes) is 3. The van der Waals surface area contributed by atoms with Crippen molar-refractivity contribution >= 4 is 50.0 Å². The van der Waals surface area contributed by atoms with Crippen molar-refractivity contribution in [3.8, 4) is 0 Å². The lowest BCUT2D eigenvalue weighted by Gasteiger charge is -2.10. The van der Waals surface area contributed by atoms with Crippen LogP contribution in [-0.2, 0) is 20.6 Å². The molecule has 0 unspecified atom stereocenters. The van der Waals surface area contributed by atoms with Crippen LogP contribution in [0.5, 0.6) is 0 Å². The van der Waals surface area contributed by atoms with Crippen molar-refractivity contribution in [3.05, 3.63) is 0 Å². The third kappa shape index (κ3) is 16.8. The van der Waals surface area contributed by atoms with Crippen LogP contribution in [0.1, 0.15) is 25.7 Å². The standard InChI is InChI=1S/C6H14O2.H10O5Si5/c7-5-3-1-2-4-6-8;1-6-2-8-4-10-5-9-3-7-1/h7-8H,1-6H2;6-10H2. The summed E-state index contributed by atoms with van der Waals surface area (Å²) < 4.78 is 25.8. The first kappa shape index (κ1) is 18.8. The lowest BCUT2D eigenvalue weighted by atomic mass is 10.2. The molecule has 1 rings (SSSR count). The van der Waals surface area contributed by atoms with E-state index in [9.17, 15) is 0 Å². The van der Waals surface area contributed by atoms with E-state index in [0.29, 0.717) is 0 Å². The molecule has 0 aromatic heterocycles. The van der Waals surface area contributed by atoms with Gasteiger partial charge in [-0.25, -0.2) is 0 Å². The zero-order valence-electron chi connectivity index (χ0n) is 10.7. The Balaban J connectivity index is 0.000000331. The zero-order chi connectivity index (χ0) is 13.3. The van der Waals surface area contributed by atoms with Crippen LogP contribution in [0.4, 0.5) is 0 Å². The Morgan fingerprint density at radius 1 is 0.500 bits per heavy atom. The molecule has 1 saturated heterocycles. The van der Waals surface area contributed by atoms with Gasteiger partial charge in [0.2, 0.25) is 0 Å². The van der Waals surface area contributed by atoms with E-state index in [1.54, 1.807) is 0 Å². The van der Waals surface area contributed by atoms with Gasteiger partial charge in [0.1, 0.15) is 0 Å². The molecular formula is C6H24O7Si5. The van der Waals surface area contributed by atoms with Crippen molar-refractivity contribution in [3.63, 3.8) is 0 Å². The predicted octanol–water partition coefficient (Wildman–Crippen LogP) is -4.39. The largest absolute Gasteiger partial charge is 0.425 e. The van der Waals surface area contributed by atoms with Gasteiger partial charge in [0.05, 0.1) is 0 Å². The highest BCUT2D eigenvalue weighted by atomic mass is 28.4. The van der Waals surface area contributed by atoms with E-state index >= 15 is 0 Å². The molecule has 0 aromatic carbocycles. The summed E-state index contributed by atoms with van der Waals surface area (Å²) in [5, 5.41) is 16.6. The number of aliphatic hydroxyl groups is 2. The molecule has 1 aliphatic rings. The van der Waals surface area contributed by atoms with Gasteiger partial charge >= 0.3 is 0 Å². The number of aliphatic hydroxyl groups excluding tert-OH is 2. The zero-order valence-corrected chi connectivity index (χ0v) is 17.8. The Labute approximate surface area is 120 Å². The molecule has 12 heteroatoms. The Hall–Kier alpha value is 0.804. The third-order valence-corrected chi connectivity index (χ3v) is 8.57. The molecule has 1 heterocycles. The lowest BCUT2D eigenvalue weighted by Crippen LogP contribution is -2.23. The maximum atomic E-state index is 8.30. The van der Waals surface area contributed by atoms with Crippen molar-refractivity contribution in [2.24, 2.45) is 0 Å². The van der Waals surface area contributed by atoms with Crippen LogP contribution in [0.25, 0.3) is 0 Å². The van der Waals surface area contributed by atoms with E-state index in [2.05, 4.69) is 0 Å². The van der Waals surface area contributed by atoms with E-state index in [0.717, 1.165) is 25.7 Å². The summed E-state index contributed by atoms with van der Waals surface area (Å²) in [5.74, 6) is 0. The predicted molar refractivity (Wildman–Crippen MR) is 80.8 cm³/mol. The average Bonchev–Trinajstić information content (AvgIpc) is 2.42. The minimum Gasteiger partial charge on any atom is -0.425 e. The Morgan fingerprint density at radius 2 is 0.778 bits per heavy atom. The summed E-state index contributed by atoms with van der Waals surface area (Å²) in [4.78, 5) is 0. The fraction of sp³-hybridized carbons (Fsp3) is 1.00. The van der Waals surface area contributed by atoms with Crippen molar-refractivity contribution in [2.75, 3.05) is 13.2 Å². The number of hydrogen-bond donors (Lipinski definition) is 2. The molecule has 110 valence electrons. The molecule has 0 amide bonds. The van der Waals surface area contributed by atoms with Crippen molar-refractivity contribution < 1.29 is 30.8 Å². The summed E-state index contributed by atoms with van der Waals surface area (Å²) in [6, 6.07) is 0. The van der Waals surface area contributed by atoms with Crippen LogP contribution in [0.3, 0.4) is 0 Å². The van der Waals surface area contributed by atoms with Crippen molar-refractivity contribution in [1.29, 1.82) is 0 Å². The highest BCUT2D eigenvalue weighted by Gasteiger charge is 1.97. The van der Waals surface area contributed by atoms with Gasteiger partial charge in [-0.05, 0) is 12.8 Å². The van der Waals surface area contributed by atoms with Gasteiger partial charge in [0, 0.05) is 13.2 Å². The molecule has 0 atom stereocenters. The van der Waals surface area contributed by atoms with Crippen LogP contribution >= 0.6 is 0 Å². The smallest absolute Gasteiger partial charge is 0.286 e. The second-order valence-electron chi connectivity index (χ2n) is 3.47. The molecule has 1 aliphatic heterocycles.